The molecule has 25 heavy (non-hydrogen) atoms. The van der Waals surface area contributed by atoms with Crippen molar-refractivity contribution in [2.24, 2.45) is 0 Å². The minimum Gasteiger partial charge on any atom is -0.508 e. The number of nitrogens with zero attached hydrogens (tertiary/aromatic N) is 1. The first-order chi connectivity index (χ1) is 11.9. The summed E-state index contributed by atoms with van der Waals surface area (Å²) in [4.78, 5) is 22.2. The van der Waals surface area contributed by atoms with Crippen molar-refractivity contribution in [2.75, 3.05) is 7.11 Å². The fraction of sp³-hybridized carbons (Fsp3) is 0.167. The van der Waals surface area contributed by atoms with E-state index in [4.69, 9.17) is 4.74 Å². The number of ether oxygens (including phenoxy) is 1. The number of carbonyl (C=O) groups excluding carboxylic acids is 1. The number of phenols is 1. The molecule has 0 saturated carbocycles. The van der Waals surface area contributed by atoms with Gasteiger partial charge in [0.05, 0.1) is 12.0 Å². The van der Waals surface area contributed by atoms with Gasteiger partial charge in [-0.3, -0.25) is 14.9 Å². The van der Waals surface area contributed by atoms with E-state index in [-0.39, 0.29) is 23.5 Å². The summed E-state index contributed by atoms with van der Waals surface area (Å²) >= 11 is 0. The van der Waals surface area contributed by atoms with Crippen LogP contribution >= 0.6 is 0 Å². The number of rotatable bonds is 6. The number of carbonyl (C=O) groups is 1. The maximum absolute atomic E-state index is 12.0. The van der Waals surface area contributed by atoms with Crippen molar-refractivity contribution in [1.29, 1.82) is 0 Å². The zero-order valence-electron chi connectivity index (χ0n) is 13.9. The summed E-state index contributed by atoms with van der Waals surface area (Å²) in [7, 11) is 1.55. The van der Waals surface area contributed by atoms with Crippen molar-refractivity contribution in [1.82, 2.24) is 5.32 Å². The lowest BCUT2D eigenvalue weighted by Crippen LogP contribution is -2.20. The highest BCUT2D eigenvalue weighted by atomic mass is 16.6. The number of nitrogens with one attached hydrogen (secondary N) is 1. The molecular formula is C18H18N2O5. The van der Waals surface area contributed by atoms with E-state index in [1.54, 1.807) is 13.2 Å². The molecule has 0 aromatic heterocycles. The number of hydrogen-bond donors (Lipinski definition) is 2. The Balaban J connectivity index is 2.05. The zero-order valence-corrected chi connectivity index (χ0v) is 13.9. The minimum absolute atomic E-state index is 0.0262. The van der Waals surface area contributed by atoms with E-state index >= 15 is 0 Å². The van der Waals surface area contributed by atoms with Gasteiger partial charge in [0.25, 0.3) is 5.69 Å². The highest BCUT2D eigenvalue weighted by Gasteiger charge is 2.10. The number of phenolic OH excluding ortho intramolecular Hbond substituents is 1. The van der Waals surface area contributed by atoms with Crippen LogP contribution in [0.4, 0.5) is 5.69 Å². The van der Waals surface area contributed by atoms with Gasteiger partial charge in [-0.15, -0.1) is 0 Å². The maximum atomic E-state index is 12.0. The average Bonchev–Trinajstić information content (AvgIpc) is 2.59. The molecular weight excluding hydrogens is 324 g/mol. The van der Waals surface area contributed by atoms with Crippen LogP contribution in [0.2, 0.25) is 0 Å². The molecule has 0 spiro atoms. The van der Waals surface area contributed by atoms with E-state index in [0.29, 0.717) is 5.75 Å². The van der Waals surface area contributed by atoms with Gasteiger partial charge in [0, 0.05) is 35.9 Å². The van der Waals surface area contributed by atoms with Gasteiger partial charge in [-0.05, 0) is 31.2 Å². The summed E-state index contributed by atoms with van der Waals surface area (Å²) in [5.74, 6) is 0.135. The number of aromatic hydroxyl groups is 1. The Morgan fingerprint density at radius 2 is 2.08 bits per heavy atom. The van der Waals surface area contributed by atoms with Crippen LogP contribution in [0.3, 0.4) is 0 Å². The van der Waals surface area contributed by atoms with Crippen LogP contribution in [0.25, 0.3) is 6.08 Å². The largest absolute Gasteiger partial charge is 0.508 e. The molecule has 2 rings (SSSR count). The minimum atomic E-state index is -0.561. The molecule has 7 nitrogen and oxygen atoms in total. The van der Waals surface area contributed by atoms with Crippen LogP contribution in [0, 0.1) is 17.0 Å². The van der Waals surface area contributed by atoms with E-state index in [1.807, 2.05) is 25.1 Å². The molecule has 130 valence electrons. The molecule has 0 bridgehead atoms. The Morgan fingerprint density at radius 3 is 2.76 bits per heavy atom. The van der Waals surface area contributed by atoms with E-state index < -0.39 is 10.8 Å². The van der Waals surface area contributed by atoms with Crippen molar-refractivity contribution < 1.29 is 19.6 Å². The number of non-ortho nitro benzene ring substituents is 1. The number of hydrogen-bond acceptors (Lipinski definition) is 5. The second-order valence-corrected chi connectivity index (χ2v) is 5.37. The Kier molecular flexibility index (Phi) is 5.73. The SMILES string of the molecule is COc1ccc(C)cc1/C=C/C(=O)NCc1cc([N+](=O)[O-])ccc1O. The summed E-state index contributed by atoms with van der Waals surface area (Å²) in [5, 5.41) is 23.1. The van der Waals surface area contributed by atoms with Crippen molar-refractivity contribution >= 4 is 17.7 Å². The standard InChI is InChI=1S/C18H18N2O5/c1-12-3-7-17(25-2)13(9-12)4-8-18(22)19-11-14-10-15(20(23)24)5-6-16(14)21/h3-10,21H,11H2,1-2H3,(H,19,22)/b8-4+. The highest BCUT2D eigenvalue weighted by Crippen LogP contribution is 2.23. The predicted octanol–water partition coefficient (Wildman–Crippen LogP) is 2.95. The van der Waals surface area contributed by atoms with E-state index in [1.165, 1.54) is 24.3 Å². The van der Waals surface area contributed by atoms with Crippen molar-refractivity contribution in [3.63, 3.8) is 0 Å². The van der Waals surface area contributed by atoms with E-state index in [2.05, 4.69) is 5.32 Å². The molecule has 7 heteroatoms. The third kappa shape index (κ3) is 4.81. The third-order valence-electron chi connectivity index (χ3n) is 3.53. The summed E-state index contributed by atoms with van der Waals surface area (Å²) in [6.07, 6.45) is 2.96. The molecule has 0 aliphatic carbocycles. The molecule has 0 aliphatic rings. The molecule has 2 N–H and O–H groups in total. The van der Waals surface area contributed by atoms with Crippen molar-refractivity contribution in [2.45, 2.75) is 13.5 Å². The monoisotopic (exact) mass is 342 g/mol. The number of aryl methyl sites for hydroxylation is 1. The Bertz CT molecular complexity index is 830. The first-order valence-corrected chi connectivity index (χ1v) is 7.47. The lowest BCUT2D eigenvalue weighted by Gasteiger charge is -2.06. The van der Waals surface area contributed by atoms with Crippen LogP contribution in [0.1, 0.15) is 16.7 Å². The zero-order chi connectivity index (χ0) is 18.4. The predicted molar refractivity (Wildman–Crippen MR) is 93.4 cm³/mol. The average molecular weight is 342 g/mol. The van der Waals surface area contributed by atoms with Crippen LogP contribution in [-0.4, -0.2) is 23.0 Å². The number of methoxy groups -OCH3 is 1. The molecule has 0 unspecified atom stereocenters. The van der Waals surface area contributed by atoms with Crippen LogP contribution in [0.5, 0.6) is 11.5 Å². The van der Waals surface area contributed by atoms with Gasteiger partial charge in [0.1, 0.15) is 11.5 Å². The van der Waals surface area contributed by atoms with Gasteiger partial charge in [-0.1, -0.05) is 11.6 Å². The molecule has 0 fully saturated rings. The molecule has 0 saturated heterocycles. The van der Waals surface area contributed by atoms with Gasteiger partial charge in [0.15, 0.2) is 0 Å². The Labute approximate surface area is 144 Å². The molecule has 0 aliphatic heterocycles. The van der Waals surface area contributed by atoms with Crippen LogP contribution < -0.4 is 10.1 Å². The smallest absolute Gasteiger partial charge is 0.270 e. The summed E-state index contributed by atoms with van der Waals surface area (Å²) in [5.41, 5.74) is 1.91. The summed E-state index contributed by atoms with van der Waals surface area (Å²) < 4.78 is 5.23. The summed E-state index contributed by atoms with van der Waals surface area (Å²) in [6, 6.07) is 9.25. The van der Waals surface area contributed by atoms with Gasteiger partial charge in [-0.25, -0.2) is 0 Å². The fourth-order valence-corrected chi connectivity index (χ4v) is 2.22. The fourth-order valence-electron chi connectivity index (χ4n) is 2.22. The second-order valence-electron chi connectivity index (χ2n) is 5.37. The van der Waals surface area contributed by atoms with Crippen molar-refractivity contribution in [3.8, 4) is 11.5 Å². The van der Waals surface area contributed by atoms with Crippen molar-refractivity contribution in [3.05, 3.63) is 69.3 Å². The maximum Gasteiger partial charge on any atom is 0.270 e. The van der Waals surface area contributed by atoms with Crippen LogP contribution in [0.15, 0.2) is 42.5 Å². The highest BCUT2D eigenvalue weighted by molar-refractivity contribution is 5.92. The van der Waals surface area contributed by atoms with Gasteiger partial charge < -0.3 is 15.2 Å². The summed E-state index contributed by atoms with van der Waals surface area (Å²) in [6.45, 7) is 1.91. The first-order valence-electron chi connectivity index (χ1n) is 7.47. The number of nitro groups is 1. The molecule has 0 atom stereocenters. The number of benzene rings is 2. The number of nitro benzene ring substituents is 1. The van der Waals surface area contributed by atoms with Crippen LogP contribution in [-0.2, 0) is 11.3 Å². The quantitative estimate of drug-likeness (QED) is 0.477. The Morgan fingerprint density at radius 1 is 1.32 bits per heavy atom. The van der Waals surface area contributed by atoms with E-state index in [0.717, 1.165) is 11.1 Å². The van der Waals surface area contributed by atoms with Gasteiger partial charge in [0.2, 0.25) is 5.91 Å². The van der Waals surface area contributed by atoms with Gasteiger partial charge in [-0.2, -0.15) is 0 Å². The first kappa shape index (κ1) is 18.0. The molecule has 2 aromatic rings. The molecule has 2 aromatic carbocycles. The molecule has 1 amide bonds. The molecule has 0 heterocycles. The topological polar surface area (TPSA) is 102 Å². The molecule has 0 radical (unpaired) electrons. The van der Waals surface area contributed by atoms with E-state index in [9.17, 15) is 20.0 Å². The normalized spacial score (nSPS) is 10.6. The Hall–Kier alpha value is -3.35. The third-order valence-corrected chi connectivity index (χ3v) is 3.53. The number of amides is 1. The second kappa shape index (κ2) is 7.96. The lowest BCUT2D eigenvalue weighted by atomic mass is 10.1. The lowest BCUT2D eigenvalue weighted by molar-refractivity contribution is -0.384. The van der Waals surface area contributed by atoms with Gasteiger partial charge >= 0.3 is 0 Å².